The van der Waals surface area contributed by atoms with Crippen LogP contribution in [0.2, 0.25) is 0 Å². The zero-order valence-corrected chi connectivity index (χ0v) is 18.5. The SMILES string of the molecule is CC(=O)c1ccc(N2CC[NH+](CC(=O)N3CC[NH+](Cc4cccs4)CC3)CC2)cc1. The first-order chi connectivity index (χ1) is 14.6. The van der Waals surface area contributed by atoms with Crippen LogP contribution in [0.1, 0.15) is 22.2 Å². The number of carbonyl (C=O) groups is 2. The van der Waals surface area contributed by atoms with Gasteiger partial charge in [0, 0.05) is 11.3 Å². The maximum absolute atomic E-state index is 12.8. The van der Waals surface area contributed by atoms with Crippen LogP contribution in [0, 0.1) is 0 Å². The van der Waals surface area contributed by atoms with Crippen molar-refractivity contribution in [1.82, 2.24) is 4.90 Å². The number of hydrogen-bond acceptors (Lipinski definition) is 4. The van der Waals surface area contributed by atoms with Gasteiger partial charge in [-0.3, -0.25) is 9.59 Å². The zero-order chi connectivity index (χ0) is 20.9. The minimum atomic E-state index is 0.100. The Balaban J connectivity index is 1.19. The Morgan fingerprint density at radius 3 is 2.20 bits per heavy atom. The molecular formula is C23H32N4O2S+2. The number of benzene rings is 1. The molecule has 0 aliphatic carbocycles. The molecule has 2 aromatic rings. The summed E-state index contributed by atoms with van der Waals surface area (Å²) in [7, 11) is 0. The molecule has 1 aromatic heterocycles. The summed E-state index contributed by atoms with van der Waals surface area (Å²) in [6, 6.07) is 12.2. The van der Waals surface area contributed by atoms with Crippen molar-refractivity contribution in [2.45, 2.75) is 13.5 Å². The van der Waals surface area contributed by atoms with Gasteiger partial charge in [-0.1, -0.05) is 6.07 Å². The van der Waals surface area contributed by atoms with Gasteiger partial charge in [0.05, 0.1) is 57.2 Å². The molecule has 0 spiro atoms. The third kappa shape index (κ3) is 5.28. The van der Waals surface area contributed by atoms with Gasteiger partial charge in [0.25, 0.3) is 5.91 Å². The van der Waals surface area contributed by atoms with E-state index in [2.05, 4.69) is 27.3 Å². The van der Waals surface area contributed by atoms with Gasteiger partial charge < -0.3 is 19.6 Å². The van der Waals surface area contributed by atoms with Crippen LogP contribution in [-0.2, 0) is 11.3 Å². The Morgan fingerprint density at radius 1 is 0.933 bits per heavy atom. The van der Waals surface area contributed by atoms with Crippen LogP contribution in [0.4, 0.5) is 5.69 Å². The lowest BCUT2D eigenvalue weighted by atomic mass is 10.1. The molecule has 1 amide bonds. The molecule has 2 aliphatic rings. The van der Waals surface area contributed by atoms with Gasteiger partial charge in [-0.2, -0.15) is 0 Å². The molecule has 0 bridgehead atoms. The van der Waals surface area contributed by atoms with Gasteiger partial charge in [-0.05, 0) is 42.6 Å². The lowest BCUT2D eigenvalue weighted by molar-refractivity contribution is -0.917. The van der Waals surface area contributed by atoms with E-state index in [1.165, 1.54) is 9.78 Å². The molecule has 30 heavy (non-hydrogen) atoms. The van der Waals surface area contributed by atoms with Gasteiger partial charge in [0.2, 0.25) is 0 Å². The van der Waals surface area contributed by atoms with Crippen molar-refractivity contribution in [3.63, 3.8) is 0 Å². The molecule has 7 heteroatoms. The molecule has 6 nitrogen and oxygen atoms in total. The largest absolute Gasteiger partial charge is 0.360 e. The van der Waals surface area contributed by atoms with Crippen molar-refractivity contribution in [3.05, 3.63) is 52.2 Å². The normalized spacial score (nSPS) is 18.6. The van der Waals surface area contributed by atoms with E-state index in [-0.39, 0.29) is 5.78 Å². The van der Waals surface area contributed by atoms with Crippen LogP contribution in [0.15, 0.2) is 41.8 Å². The van der Waals surface area contributed by atoms with Crippen LogP contribution in [0.5, 0.6) is 0 Å². The zero-order valence-electron chi connectivity index (χ0n) is 17.7. The van der Waals surface area contributed by atoms with E-state index in [9.17, 15) is 9.59 Å². The standard InChI is InChI=1S/C23H30N4O2S/c1-19(28)20-4-6-21(7-5-20)26-12-8-25(9-13-26)18-23(29)27-14-10-24(11-15-27)17-22-3-2-16-30-22/h2-7,16H,8-15,17-18H2,1H3/p+2. The van der Waals surface area contributed by atoms with E-state index in [0.717, 1.165) is 70.2 Å². The second-order valence-electron chi connectivity index (χ2n) is 8.40. The average Bonchev–Trinajstić information content (AvgIpc) is 3.28. The summed E-state index contributed by atoms with van der Waals surface area (Å²) in [4.78, 5) is 33.1. The first-order valence-electron chi connectivity index (χ1n) is 10.9. The second-order valence-corrected chi connectivity index (χ2v) is 9.44. The predicted molar refractivity (Wildman–Crippen MR) is 120 cm³/mol. The van der Waals surface area contributed by atoms with E-state index in [1.807, 2.05) is 35.6 Å². The number of thiophene rings is 1. The van der Waals surface area contributed by atoms with Gasteiger partial charge in [0.1, 0.15) is 6.54 Å². The fraction of sp³-hybridized carbons (Fsp3) is 0.478. The molecule has 0 saturated carbocycles. The predicted octanol–water partition coefficient (Wildman–Crippen LogP) is -0.417. The Morgan fingerprint density at radius 2 is 1.60 bits per heavy atom. The summed E-state index contributed by atoms with van der Waals surface area (Å²) in [5, 5.41) is 2.14. The molecule has 2 aliphatic heterocycles. The van der Waals surface area contributed by atoms with Crippen LogP contribution < -0.4 is 14.7 Å². The van der Waals surface area contributed by atoms with Gasteiger partial charge in [0.15, 0.2) is 12.3 Å². The van der Waals surface area contributed by atoms with E-state index in [1.54, 1.807) is 11.8 Å². The summed E-state index contributed by atoms with van der Waals surface area (Å²) < 4.78 is 0. The maximum Gasteiger partial charge on any atom is 0.278 e. The smallest absolute Gasteiger partial charge is 0.278 e. The Labute approximate surface area is 182 Å². The number of quaternary nitrogens is 2. The van der Waals surface area contributed by atoms with Crippen LogP contribution >= 0.6 is 11.3 Å². The van der Waals surface area contributed by atoms with Crippen molar-refractivity contribution in [2.24, 2.45) is 0 Å². The third-order valence-electron chi connectivity index (χ3n) is 6.34. The maximum atomic E-state index is 12.8. The topological polar surface area (TPSA) is 49.5 Å². The highest BCUT2D eigenvalue weighted by Crippen LogP contribution is 2.15. The van der Waals surface area contributed by atoms with Gasteiger partial charge in [-0.15, -0.1) is 11.3 Å². The van der Waals surface area contributed by atoms with Crippen molar-refractivity contribution in [3.8, 4) is 0 Å². The molecule has 4 rings (SSSR count). The summed E-state index contributed by atoms with van der Waals surface area (Å²) >= 11 is 1.82. The number of ketones is 1. The number of piperazine rings is 2. The van der Waals surface area contributed by atoms with Crippen LogP contribution in [-0.4, -0.2) is 75.5 Å². The summed E-state index contributed by atoms with van der Waals surface area (Å²) in [6.45, 7) is 11.0. The molecule has 3 heterocycles. The molecule has 2 fully saturated rings. The van der Waals surface area contributed by atoms with E-state index in [0.29, 0.717) is 12.5 Å². The number of hydrogen-bond donors (Lipinski definition) is 2. The number of anilines is 1. The van der Waals surface area contributed by atoms with Crippen LogP contribution in [0.25, 0.3) is 0 Å². The van der Waals surface area contributed by atoms with Gasteiger partial charge in [-0.25, -0.2) is 0 Å². The Hall–Kier alpha value is -2.22. The van der Waals surface area contributed by atoms with Crippen molar-refractivity contribution in [1.29, 1.82) is 0 Å². The quantitative estimate of drug-likeness (QED) is 0.615. The molecular weight excluding hydrogens is 396 g/mol. The number of rotatable bonds is 6. The van der Waals surface area contributed by atoms with Crippen molar-refractivity contribution < 1.29 is 19.4 Å². The minimum Gasteiger partial charge on any atom is -0.360 e. The lowest BCUT2D eigenvalue weighted by Crippen LogP contribution is -3.16. The minimum absolute atomic E-state index is 0.100. The monoisotopic (exact) mass is 428 g/mol. The molecule has 1 aromatic carbocycles. The number of nitrogens with one attached hydrogen (secondary N) is 2. The lowest BCUT2D eigenvalue weighted by Gasteiger charge is -2.35. The molecule has 2 N–H and O–H groups in total. The number of amides is 1. The highest BCUT2D eigenvalue weighted by Gasteiger charge is 2.28. The Kier molecular flexibility index (Phi) is 6.82. The fourth-order valence-electron chi connectivity index (χ4n) is 4.40. The van der Waals surface area contributed by atoms with E-state index < -0.39 is 0 Å². The van der Waals surface area contributed by atoms with Gasteiger partial charge >= 0.3 is 0 Å². The van der Waals surface area contributed by atoms with Crippen molar-refractivity contribution in [2.75, 3.05) is 63.8 Å². The van der Waals surface area contributed by atoms with E-state index in [4.69, 9.17) is 0 Å². The molecule has 2 saturated heterocycles. The Bertz CT molecular complexity index is 837. The molecule has 0 unspecified atom stereocenters. The number of Topliss-reactive ketones (excluding diaryl/α,β-unsaturated/α-hetero) is 1. The fourth-order valence-corrected chi connectivity index (χ4v) is 5.18. The second kappa shape index (κ2) is 9.73. The van der Waals surface area contributed by atoms with E-state index >= 15 is 0 Å². The summed E-state index contributed by atoms with van der Waals surface area (Å²) in [5.41, 5.74) is 1.92. The van der Waals surface area contributed by atoms with Crippen LogP contribution in [0.3, 0.4) is 0 Å². The summed E-state index contributed by atoms with van der Waals surface area (Å²) in [6.07, 6.45) is 0. The molecule has 160 valence electrons. The first-order valence-corrected chi connectivity index (χ1v) is 11.8. The highest BCUT2D eigenvalue weighted by atomic mass is 32.1. The summed E-state index contributed by atoms with van der Waals surface area (Å²) in [5.74, 6) is 0.405. The molecule has 0 radical (unpaired) electrons. The average molecular weight is 429 g/mol. The number of carbonyl (C=O) groups excluding carboxylic acids is 2. The first kappa shape index (κ1) is 21.0. The third-order valence-corrected chi connectivity index (χ3v) is 7.21. The number of nitrogens with zero attached hydrogens (tertiary/aromatic N) is 2. The molecule has 0 atom stereocenters. The highest BCUT2D eigenvalue weighted by molar-refractivity contribution is 7.09. The van der Waals surface area contributed by atoms with Crippen molar-refractivity contribution >= 4 is 28.7 Å².